The van der Waals surface area contributed by atoms with Gasteiger partial charge in [-0.05, 0) is 46.9 Å². The highest BCUT2D eigenvalue weighted by Crippen LogP contribution is 2.22. The molecule has 3 aromatic carbocycles. The predicted octanol–water partition coefficient (Wildman–Crippen LogP) is 5.46. The van der Waals surface area contributed by atoms with E-state index in [0.29, 0.717) is 17.4 Å². The van der Waals surface area contributed by atoms with E-state index in [0.717, 1.165) is 11.1 Å². The molecule has 0 radical (unpaired) electrons. The van der Waals surface area contributed by atoms with Crippen LogP contribution in [0.1, 0.15) is 25.3 Å². The molecule has 0 aliphatic rings. The van der Waals surface area contributed by atoms with E-state index < -0.39 is 5.97 Å². The summed E-state index contributed by atoms with van der Waals surface area (Å²) in [5.41, 5.74) is 3.43. The molecule has 0 bridgehead atoms. The Morgan fingerprint density at radius 1 is 0.769 bits per heavy atom. The van der Waals surface area contributed by atoms with Gasteiger partial charge in [-0.1, -0.05) is 68.4 Å². The van der Waals surface area contributed by atoms with Gasteiger partial charge in [0.2, 0.25) is 0 Å². The zero-order valence-electron chi connectivity index (χ0n) is 15.0. The number of ether oxygens (including phenoxy) is 2. The van der Waals surface area contributed by atoms with Crippen molar-refractivity contribution in [2.24, 2.45) is 0 Å². The molecule has 3 nitrogen and oxygen atoms in total. The summed E-state index contributed by atoms with van der Waals surface area (Å²) < 4.78 is 10.8. The summed E-state index contributed by atoms with van der Waals surface area (Å²) in [6, 6.07) is 25.3. The van der Waals surface area contributed by atoms with Crippen molar-refractivity contribution in [2.45, 2.75) is 19.8 Å². The van der Waals surface area contributed by atoms with Crippen molar-refractivity contribution in [1.82, 2.24) is 0 Å². The normalized spacial score (nSPS) is 10.6. The molecule has 0 unspecified atom stereocenters. The van der Waals surface area contributed by atoms with Crippen molar-refractivity contribution in [3.05, 3.63) is 84.4 Å². The number of hydrogen-bond acceptors (Lipinski definition) is 3. The van der Waals surface area contributed by atoms with E-state index in [1.165, 1.54) is 5.56 Å². The summed E-state index contributed by atoms with van der Waals surface area (Å²) in [5.74, 6) is 1.21. The highest BCUT2D eigenvalue weighted by molar-refractivity contribution is 5.74. The molecule has 0 aromatic heterocycles. The third-order valence-corrected chi connectivity index (χ3v) is 4.10. The highest BCUT2D eigenvalue weighted by atomic mass is 16.6. The second-order valence-electron chi connectivity index (χ2n) is 6.38. The molecule has 0 N–H and O–H groups in total. The van der Waals surface area contributed by atoms with Crippen LogP contribution in [-0.2, 0) is 4.79 Å². The zero-order valence-corrected chi connectivity index (χ0v) is 15.0. The van der Waals surface area contributed by atoms with Gasteiger partial charge in [0.1, 0.15) is 11.5 Å². The fraction of sp³-hybridized carbons (Fsp3) is 0.174. The Kier molecular flexibility index (Phi) is 5.69. The molecule has 0 saturated heterocycles. The Morgan fingerprint density at radius 2 is 1.35 bits per heavy atom. The number of carbonyl (C=O) groups excluding carboxylic acids is 1. The Morgan fingerprint density at radius 3 is 1.96 bits per heavy atom. The lowest BCUT2D eigenvalue weighted by molar-refractivity contribution is -0.136. The fourth-order valence-corrected chi connectivity index (χ4v) is 2.60. The first-order chi connectivity index (χ1) is 12.6. The van der Waals surface area contributed by atoms with Gasteiger partial charge in [-0.25, -0.2) is 4.79 Å². The molecule has 3 heteroatoms. The molecule has 0 aliphatic carbocycles. The Bertz CT molecular complexity index is 835. The summed E-state index contributed by atoms with van der Waals surface area (Å²) in [4.78, 5) is 12.0. The van der Waals surface area contributed by atoms with E-state index >= 15 is 0 Å². The van der Waals surface area contributed by atoms with Crippen LogP contribution in [0.15, 0.2) is 78.9 Å². The monoisotopic (exact) mass is 346 g/mol. The summed E-state index contributed by atoms with van der Waals surface area (Å²) in [5, 5.41) is 0. The van der Waals surface area contributed by atoms with Crippen molar-refractivity contribution >= 4 is 5.97 Å². The smallest absolute Gasteiger partial charge is 0.349 e. The average molecular weight is 346 g/mol. The minimum atomic E-state index is -0.426. The van der Waals surface area contributed by atoms with E-state index in [4.69, 9.17) is 9.47 Å². The molecule has 3 aromatic rings. The van der Waals surface area contributed by atoms with Crippen LogP contribution in [-0.4, -0.2) is 12.6 Å². The maximum Gasteiger partial charge on any atom is 0.349 e. The van der Waals surface area contributed by atoms with Gasteiger partial charge in [-0.15, -0.1) is 0 Å². The topological polar surface area (TPSA) is 35.5 Å². The highest BCUT2D eigenvalue weighted by Gasteiger charge is 2.07. The molecule has 0 spiro atoms. The van der Waals surface area contributed by atoms with Crippen LogP contribution in [0.2, 0.25) is 0 Å². The van der Waals surface area contributed by atoms with Crippen molar-refractivity contribution in [3.8, 4) is 22.6 Å². The van der Waals surface area contributed by atoms with Crippen LogP contribution in [0.5, 0.6) is 11.5 Å². The van der Waals surface area contributed by atoms with Gasteiger partial charge in [-0.2, -0.15) is 0 Å². The Hall–Kier alpha value is -3.07. The molecular formula is C23H22O3. The second-order valence-corrected chi connectivity index (χ2v) is 6.38. The standard InChI is InChI=1S/C23H22O3/c1-17(2)18-8-12-21(13-9-18)25-16-23(24)26-22-14-10-20(11-15-22)19-6-4-3-5-7-19/h3-15,17H,16H2,1-2H3. The van der Waals surface area contributed by atoms with Gasteiger partial charge in [0.15, 0.2) is 6.61 Å². The number of carbonyl (C=O) groups is 1. The molecule has 0 aliphatic heterocycles. The van der Waals surface area contributed by atoms with E-state index in [2.05, 4.69) is 13.8 Å². The summed E-state index contributed by atoms with van der Waals surface area (Å²) in [6.07, 6.45) is 0. The van der Waals surface area contributed by atoms with Crippen LogP contribution in [0.3, 0.4) is 0 Å². The average Bonchev–Trinajstić information content (AvgIpc) is 2.68. The minimum Gasteiger partial charge on any atom is -0.482 e. The molecular weight excluding hydrogens is 324 g/mol. The lowest BCUT2D eigenvalue weighted by Crippen LogP contribution is -2.17. The number of esters is 1. The SMILES string of the molecule is CC(C)c1ccc(OCC(=O)Oc2ccc(-c3ccccc3)cc2)cc1. The molecule has 0 saturated carbocycles. The van der Waals surface area contributed by atoms with Crippen LogP contribution < -0.4 is 9.47 Å². The minimum absolute atomic E-state index is 0.124. The largest absolute Gasteiger partial charge is 0.482 e. The lowest BCUT2D eigenvalue weighted by atomic mass is 10.0. The second kappa shape index (κ2) is 8.34. The van der Waals surface area contributed by atoms with Crippen molar-refractivity contribution in [3.63, 3.8) is 0 Å². The van der Waals surface area contributed by atoms with Crippen molar-refractivity contribution in [1.29, 1.82) is 0 Å². The maximum absolute atomic E-state index is 12.0. The molecule has 3 rings (SSSR count). The first kappa shape index (κ1) is 17.7. The van der Waals surface area contributed by atoms with Crippen molar-refractivity contribution in [2.75, 3.05) is 6.61 Å². The Balaban J connectivity index is 1.53. The molecule has 0 amide bonds. The zero-order chi connectivity index (χ0) is 18.4. The van der Waals surface area contributed by atoms with Crippen LogP contribution in [0, 0.1) is 0 Å². The van der Waals surface area contributed by atoms with Gasteiger partial charge in [0.05, 0.1) is 0 Å². The third-order valence-electron chi connectivity index (χ3n) is 4.10. The van der Waals surface area contributed by atoms with Gasteiger partial charge in [0, 0.05) is 0 Å². The molecule has 26 heavy (non-hydrogen) atoms. The van der Waals surface area contributed by atoms with Gasteiger partial charge in [-0.3, -0.25) is 0 Å². The first-order valence-corrected chi connectivity index (χ1v) is 8.71. The number of benzene rings is 3. The fourth-order valence-electron chi connectivity index (χ4n) is 2.60. The Labute approximate surface area is 154 Å². The van der Waals surface area contributed by atoms with Crippen LogP contribution >= 0.6 is 0 Å². The van der Waals surface area contributed by atoms with E-state index in [1.54, 1.807) is 12.1 Å². The van der Waals surface area contributed by atoms with Gasteiger partial charge < -0.3 is 9.47 Å². The molecule has 0 fully saturated rings. The summed E-state index contributed by atoms with van der Waals surface area (Å²) in [6.45, 7) is 4.15. The lowest BCUT2D eigenvalue weighted by Gasteiger charge is -2.09. The summed E-state index contributed by atoms with van der Waals surface area (Å²) >= 11 is 0. The predicted molar refractivity (Wildman–Crippen MR) is 104 cm³/mol. The van der Waals surface area contributed by atoms with Crippen LogP contribution in [0.4, 0.5) is 0 Å². The van der Waals surface area contributed by atoms with E-state index in [1.807, 2.05) is 66.7 Å². The molecule has 0 heterocycles. The van der Waals surface area contributed by atoms with E-state index in [9.17, 15) is 4.79 Å². The van der Waals surface area contributed by atoms with Gasteiger partial charge >= 0.3 is 5.97 Å². The number of rotatable bonds is 6. The van der Waals surface area contributed by atoms with Gasteiger partial charge in [0.25, 0.3) is 0 Å². The van der Waals surface area contributed by atoms with Crippen molar-refractivity contribution < 1.29 is 14.3 Å². The van der Waals surface area contributed by atoms with Crippen LogP contribution in [0.25, 0.3) is 11.1 Å². The third kappa shape index (κ3) is 4.73. The molecule has 0 atom stereocenters. The molecule has 132 valence electrons. The summed E-state index contributed by atoms with van der Waals surface area (Å²) in [7, 11) is 0. The van der Waals surface area contributed by atoms with E-state index in [-0.39, 0.29) is 6.61 Å². The quantitative estimate of drug-likeness (QED) is 0.439. The first-order valence-electron chi connectivity index (χ1n) is 8.71. The maximum atomic E-state index is 12.0. The number of hydrogen-bond donors (Lipinski definition) is 0.